The Labute approximate surface area is 106 Å². The van der Waals surface area contributed by atoms with E-state index in [1.165, 1.54) is 0 Å². The second-order valence-electron chi connectivity index (χ2n) is 4.09. The van der Waals surface area contributed by atoms with Gasteiger partial charge in [-0.2, -0.15) is 13.2 Å². The highest BCUT2D eigenvalue weighted by Gasteiger charge is 2.41. The minimum atomic E-state index is -4.06. The molecular formula is C9H11ClF3N3S. The van der Waals surface area contributed by atoms with Crippen LogP contribution in [0.15, 0.2) is 0 Å². The van der Waals surface area contributed by atoms with Gasteiger partial charge < -0.3 is 0 Å². The standard InChI is InChI=1S/C9H11ClF3N3S/c10-8-7(14-15-17-8)5-16-3-1-6(2-4-16)9(11,12)13/h6H,1-5H2. The van der Waals surface area contributed by atoms with E-state index in [4.69, 9.17) is 11.6 Å². The molecule has 1 aliphatic heterocycles. The summed E-state index contributed by atoms with van der Waals surface area (Å²) < 4.78 is 41.6. The molecule has 1 aromatic rings. The van der Waals surface area contributed by atoms with Gasteiger partial charge in [-0.1, -0.05) is 16.1 Å². The Morgan fingerprint density at radius 3 is 2.47 bits per heavy atom. The fraction of sp³-hybridized carbons (Fsp3) is 0.778. The van der Waals surface area contributed by atoms with Crippen molar-refractivity contribution in [2.75, 3.05) is 13.1 Å². The van der Waals surface area contributed by atoms with Crippen LogP contribution < -0.4 is 0 Å². The van der Waals surface area contributed by atoms with E-state index in [0.29, 0.717) is 29.7 Å². The van der Waals surface area contributed by atoms with Crippen molar-refractivity contribution in [1.29, 1.82) is 0 Å². The minimum Gasteiger partial charge on any atom is -0.297 e. The largest absolute Gasteiger partial charge is 0.391 e. The van der Waals surface area contributed by atoms with Gasteiger partial charge in [-0.15, -0.1) is 5.10 Å². The van der Waals surface area contributed by atoms with E-state index in [-0.39, 0.29) is 12.8 Å². The molecule has 0 N–H and O–H groups in total. The maximum Gasteiger partial charge on any atom is 0.391 e. The van der Waals surface area contributed by atoms with Gasteiger partial charge in [-0.25, -0.2) is 0 Å². The lowest BCUT2D eigenvalue weighted by molar-refractivity contribution is -0.185. The quantitative estimate of drug-likeness (QED) is 0.836. The van der Waals surface area contributed by atoms with E-state index >= 15 is 0 Å². The van der Waals surface area contributed by atoms with E-state index in [9.17, 15) is 13.2 Å². The van der Waals surface area contributed by atoms with Gasteiger partial charge in [0.15, 0.2) is 0 Å². The van der Waals surface area contributed by atoms with Crippen LogP contribution in [-0.4, -0.2) is 33.8 Å². The van der Waals surface area contributed by atoms with Crippen molar-refractivity contribution in [3.05, 3.63) is 10.0 Å². The third-order valence-electron chi connectivity index (χ3n) is 2.93. The number of piperidine rings is 1. The number of nitrogens with zero attached hydrogens (tertiary/aromatic N) is 3. The summed E-state index contributed by atoms with van der Waals surface area (Å²) in [6.07, 6.45) is -3.76. The lowest BCUT2D eigenvalue weighted by Crippen LogP contribution is -2.38. The molecule has 0 aliphatic carbocycles. The summed E-state index contributed by atoms with van der Waals surface area (Å²) in [4.78, 5) is 1.94. The Balaban J connectivity index is 1.86. The average Bonchev–Trinajstić information content (AvgIpc) is 2.64. The summed E-state index contributed by atoms with van der Waals surface area (Å²) in [7, 11) is 0. The van der Waals surface area contributed by atoms with Crippen molar-refractivity contribution in [2.24, 2.45) is 5.92 Å². The SMILES string of the molecule is FC(F)(F)C1CCN(Cc2nnsc2Cl)CC1. The first kappa shape index (κ1) is 13.0. The van der Waals surface area contributed by atoms with Gasteiger partial charge in [0.2, 0.25) is 0 Å². The number of hydrogen-bond donors (Lipinski definition) is 0. The second-order valence-corrected chi connectivity index (χ2v) is 5.44. The van der Waals surface area contributed by atoms with E-state index in [1.807, 2.05) is 4.90 Å². The number of likely N-dealkylation sites (tertiary alicyclic amines) is 1. The first-order valence-electron chi connectivity index (χ1n) is 5.22. The van der Waals surface area contributed by atoms with Crippen LogP contribution in [0, 0.1) is 5.92 Å². The van der Waals surface area contributed by atoms with Gasteiger partial charge in [-0.3, -0.25) is 4.90 Å². The highest BCUT2D eigenvalue weighted by atomic mass is 35.5. The van der Waals surface area contributed by atoms with Crippen LogP contribution in [0.4, 0.5) is 13.2 Å². The molecule has 0 unspecified atom stereocenters. The van der Waals surface area contributed by atoms with Crippen LogP contribution in [0.25, 0.3) is 0 Å². The Morgan fingerprint density at radius 2 is 2.00 bits per heavy atom. The molecule has 0 radical (unpaired) electrons. The first-order chi connectivity index (χ1) is 7.97. The Kier molecular flexibility index (Phi) is 3.89. The summed E-state index contributed by atoms with van der Waals surface area (Å²) >= 11 is 6.94. The molecule has 1 aliphatic rings. The van der Waals surface area contributed by atoms with Gasteiger partial charge in [-0.05, 0) is 25.9 Å². The van der Waals surface area contributed by atoms with Crippen LogP contribution >= 0.6 is 23.1 Å². The van der Waals surface area contributed by atoms with Crippen molar-refractivity contribution in [3.63, 3.8) is 0 Å². The predicted molar refractivity (Wildman–Crippen MR) is 59.0 cm³/mol. The van der Waals surface area contributed by atoms with E-state index in [1.54, 1.807) is 0 Å². The molecule has 1 aromatic heterocycles. The van der Waals surface area contributed by atoms with Gasteiger partial charge >= 0.3 is 6.18 Å². The summed E-state index contributed by atoms with van der Waals surface area (Å²) in [5.74, 6) is -1.16. The number of alkyl halides is 3. The third kappa shape index (κ3) is 3.29. The van der Waals surface area contributed by atoms with Gasteiger partial charge in [0.25, 0.3) is 0 Å². The van der Waals surface area contributed by atoms with Crippen molar-refractivity contribution < 1.29 is 13.2 Å². The molecule has 0 amide bonds. The Bertz CT molecular complexity index is 374. The normalized spacial score (nSPS) is 19.8. The molecule has 8 heteroatoms. The number of halogens is 4. The molecule has 0 atom stereocenters. The average molecular weight is 286 g/mol. The zero-order valence-corrected chi connectivity index (χ0v) is 10.4. The molecule has 1 saturated heterocycles. The molecule has 0 spiro atoms. The van der Waals surface area contributed by atoms with Crippen molar-refractivity contribution in [2.45, 2.75) is 25.6 Å². The van der Waals surface area contributed by atoms with Crippen molar-refractivity contribution >= 4 is 23.1 Å². The molecule has 2 rings (SSSR count). The molecule has 0 saturated carbocycles. The van der Waals surface area contributed by atoms with Gasteiger partial charge in [0.1, 0.15) is 10.0 Å². The second kappa shape index (κ2) is 5.07. The fourth-order valence-corrected chi connectivity index (χ4v) is 2.53. The smallest absolute Gasteiger partial charge is 0.297 e. The highest BCUT2D eigenvalue weighted by Crippen LogP contribution is 2.34. The summed E-state index contributed by atoms with van der Waals surface area (Å²) in [5.41, 5.74) is 0.655. The number of hydrogen-bond acceptors (Lipinski definition) is 4. The van der Waals surface area contributed by atoms with E-state index in [2.05, 4.69) is 9.59 Å². The predicted octanol–water partition coefficient (Wildman–Crippen LogP) is 2.97. The molecular weight excluding hydrogens is 275 g/mol. The summed E-state index contributed by atoms with van der Waals surface area (Å²) in [5, 5.41) is 3.85. The third-order valence-corrected chi connectivity index (χ3v) is 3.92. The van der Waals surface area contributed by atoms with Crippen molar-refractivity contribution in [3.8, 4) is 0 Å². The lowest BCUT2D eigenvalue weighted by atomic mass is 9.96. The summed E-state index contributed by atoms with van der Waals surface area (Å²) in [6.45, 7) is 1.34. The maximum absolute atomic E-state index is 12.4. The fourth-order valence-electron chi connectivity index (χ4n) is 1.92. The Morgan fingerprint density at radius 1 is 1.35 bits per heavy atom. The van der Waals surface area contributed by atoms with Gasteiger partial charge in [0.05, 0.1) is 5.92 Å². The lowest BCUT2D eigenvalue weighted by Gasteiger charge is -2.32. The number of rotatable bonds is 2. The van der Waals surface area contributed by atoms with Crippen molar-refractivity contribution in [1.82, 2.24) is 14.5 Å². The van der Waals surface area contributed by atoms with Crippen LogP contribution in [0.1, 0.15) is 18.5 Å². The summed E-state index contributed by atoms with van der Waals surface area (Å²) in [6, 6.07) is 0. The Hall–Kier alpha value is -0.400. The van der Waals surface area contributed by atoms with E-state index in [0.717, 1.165) is 11.5 Å². The maximum atomic E-state index is 12.4. The number of aromatic nitrogens is 2. The molecule has 0 aromatic carbocycles. The first-order valence-corrected chi connectivity index (χ1v) is 6.38. The van der Waals surface area contributed by atoms with Gasteiger partial charge in [0, 0.05) is 18.1 Å². The molecule has 1 fully saturated rings. The van der Waals surface area contributed by atoms with Crippen LogP contribution in [0.2, 0.25) is 4.34 Å². The van der Waals surface area contributed by atoms with Crippen LogP contribution in [-0.2, 0) is 6.54 Å². The topological polar surface area (TPSA) is 29.0 Å². The molecule has 0 bridgehead atoms. The molecule has 17 heavy (non-hydrogen) atoms. The minimum absolute atomic E-state index is 0.151. The zero-order chi connectivity index (χ0) is 12.5. The van der Waals surface area contributed by atoms with Crippen LogP contribution in [0.3, 0.4) is 0 Å². The molecule has 96 valence electrons. The molecule has 2 heterocycles. The van der Waals surface area contributed by atoms with E-state index < -0.39 is 12.1 Å². The molecule has 3 nitrogen and oxygen atoms in total. The highest BCUT2D eigenvalue weighted by molar-refractivity contribution is 7.10. The zero-order valence-electron chi connectivity index (χ0n) is 8.87. The monoisotopic (exact) mass is 285 g/mol. The van der Waals surface area contributed by atoms with Crippen LogP contribution in [0.5, 0.6) is 0 Å².